The highest BCUT2D eigenvalue weighted by atomic mass is 16.5. The van der Waals surface area contributed by atoms with Crippen LogP contribution in [0.2, 0.25) is 0 Å². The Morgan fingerprint density at radius 3 is 2.39 bits per heavy atom. The average Bonchev–Trinajstić information content (AvgIpc) is 3.10. The topological polar surface area (TPSA) is 56.2 Å². The van der Waals surface area contributed by atoms with Crippen molar-refractivity contribution in [2.24, 2.45) is 0 Å². The molecule has 0 radical (unpaired) electrons. The van der Waals surface area contributed by atoms with Gasteiger partial charge in [0.2, 0.25) is 0 Å². The summed E-state index contributed by atoms with van der Waals surface area (Å²) in [6.07, 6.45) is 2.80. The monoisotopic (exact) mass is 377 g/mol. The SMILES string of the molecule is Cc1ccn(CCCNC(=O)c2ccc(COc3c(C)cccc3C)cc2)n1. The Hall–Kier alpha value is -3.08. The highest BCUT2D eigenvalue weighted by Crippen LogP contribution is 2.23. The number of hydrogen-bond acceptors (Lipinski definition) is 3. The van der Waals surface area contributed by atoms with Gasteiger partial charge in [-0.15, -0.1) is 0 Å². The van der Waals surface area contributed by atoms with Crippen molar-refractivity contribution in [1.29, 1.82) is 0 Å². The number of amides is 1. The number of aromatic nitrogens is 2. The minimum atomic E-state index is -0.0566. The Labute approximate surface area is 166 Å². The van der Waals surface area contributed by atoms with Crippen LogP contribution in [0.25, 0.3) is 0 Å². The third-order valence-electron chi connectivity index (χ3n) is 4.63. The van der Waals surface area contributed by atoms with Crippen molar-refractivity contribution in [3.63, 3.8) is 0 Å². The number of para-hydroxylation sites is 1. The van der Waals surface area contributed by atoms with Crippen LogP contribution in [-0.2, 0) is 13.2 Å². The van der Waals surface area contributed by atoms with E-state index in [0.717, 1.165) is 41.1 Å². The first kappa shape index (κ1) is 19.7. The molecule has 28 heavy (non-hydrogen) atoms. The van der Waals surface area contributed by atoms with Crippen molar-refractivity contribution < 1.29 is 9.53 Å². The molecule has 3 aromatic rings. The van der Waals surface area contributed by atoms with Gasteiger partial charge in [0, 0.05) is 24.8 Å². The van der Waals surface area contributed by atoms with Gasteiger partial charge in [0.05, 0.1) is 5.69 Å². The van der Waals surface area contributed by atoms with E-state index in [1.54, 1.807) is 0 Å². The van der Waals surface area contributed by atoms with E-state index in [-0.39, 0.29) is 5.91 Å². The van der Waals surface area contributed by atoms with E-state index in [9.17, 15) is 4.79 Å². The second-order valence-electron chi connectivity index (χ2n) is 7.04. The van der Waals surface area contributed by atoms with E-state index in [2.05, 4.69) is 10.4 Å². The Bertz CT molecular complexity index is 909. The Balaban J connectivity index is 1.46. The number of hydrogen-bond donors (Lipinski definition) is 1. The molecular formula is C23H27N3O2. The van der Waals surface area contributed by atoms with Crippen LogP contribution in [0.15, 0.2) is 54.7 Å². The summed E-state index contributed by atoms with van der Waals surface area (Å²) >= 11 is 0. The maximum atomic E-state index is 12.3. The van der Waals surface area contributed by atoms with Crippen molar-refractivity contribution in [2.45, 2.75) is 40.3 Å². The normalized spacial score (nSPS) is 10.7. The molecule has 146 valence electrons. The first-order chi connectivity index (χ1) is 13.5. The smallest absolute Gasteiger partial charge is 0.251 e. The van der Waals surface area contributed by atoms with E-state index in [4.69, 9.17) is 4.74 Å². The van der Waals surface area contributed by atoms with Crippen LogP contribution in [0.5, 0.6) is 5.75 Å². The number of aryl methyl sites for hydroxylation is 4. The minimum Gasteiger partial charge on any atom is -0.488 e. The molecule has 0 bridgehead atoms. The van der Waals surface area contributed by atoms with E-state index < -0.39 is 0 Å². The summed E-state index contributed by atoms with van der Waals surface area (Å²) in [5, 5.41) is 7.29. The summed E-state index contributed by atoms with van der Waals surface area (Å²) in [6.45, 7) is 7.95. The zero-order valence-electron chi connectivity index (χ0n) is 16.7. The lowest BCUT2D eigenvalue weighted by molar-refractivity contribution is 0.0952. The van der Waals surface area contributed by atoms with E-state index in [0.29, 0.717) is 18.7 Å². The molecule has 0 aliphatic carbocycles. The maximum absolute atomic E-state index is 12.3. The molecule has 3 rings (SSSR count). The molecule has 0 fully saturated rings. The van der Waals surface area contributed by atoms with Crippen LogP contribution in [-0.4, -0.2) is 22.2 Å². The van der Waals surface area contributed by atoms with Gasteiger partial charge in [0.1, 0.15) is 12.4 Å². The number of carbonyl (C=O) groups is 1. The zero-order valence-corrected chi connectivity index (χ0v) is 16.7. The molecule has 0 atom stereocenters. The summed E-state index contributed by atoms with van der Waals surface area (Å²) in [6, 6.07) is 15.7. The molecule has 0 spiro atoms. The number of nitrogens with one attached hydrogen (secondary N) is 1. The largest absolute Gasteiger partial charge is 0.488 e. The Morgan fingerprint density at radius 1 is 1.04 bits per heavy atom. The highest BCUT2D eigenvalue weighted by molar-refractivity contribution is 5.94. The molecule has 0 saturated carbocycles. The lowest BCUT2D eigenvalue weighted by Crippen LogP contribution is -2.25. The molecule has 1 N–H and O–H groups in total. The fourth-order valence-electron chi connectivity index (χ4n) is 3.07. The minimum absolute atomic E-state index is 0.0566. The van der Waals surface area contributed by atoms with Crippen molar-refractivity contribution in [3.05, 3.63) is 82.7 Å². The summed E-state index contributed by atoms with van der Waals surface area (Å²) in [4.78, 5) is 12.3. The predicted molar refractivity (Wildman–Crippen MR) is 111 cm³/mol. The van der Waals surface area contributed by atoms with Gasteiger partial charge in [-0.2, -0.15) is 5.10 Å². The second kappa shape index (κ2) is 9.22. The Kier molecular flexibility index (Phi) is 6.48. The van der Waals surface area contributed by atoms with Gasteiger partial charge in [-0.25, -0.2) is 0 Å². The number of ether oxygens (including phenoxy) is 1. The summed E-state index contributed by atoms with van der Waals surface area (Å²) < 4.78 is 7.86. The lowest BCUT2D eigenvalue weighted by Gasteiger charge is -2.12. The molecule has 0 saturated heterocycles. The third kappa shape index (κ3) is 5.22. The molecule has 5 heteroatoms. The van der Waals surface area contributed by atoms with Crippen LogP contribution in [0.4, 0.5) is 0 Å². The summed E-state index contributed by atoms with van der Waals surface area (Å²) in [5.41, 5.74) is 4.95. The van der Waals surface area contributed by atoms with E-state index >= 15 is 0 Å². The fourth-order valence-corrected chi connectivity index (χ4v) is 3.07. The molecule has 5 nitrogen and oxygen atoms in total. The van der Waals surface area contributed by atoms with Crippen molar-refractivity contribution >= 4 is 5.91 Å². The molecule has 0 aliphatic heterocycles. The average molecular weight is 377 g/mol. The van der Waals surface area contributed by atoms with Gasteiger partial charge >= 0.3 is 0 Å². The molecule has 1 heterocycles. The van der Waals surface area contributed by atoms with Crippen LogP contribution in [0.1, 0.15) is 39.2 Å². The quantitative estimate of drug-likeness (QED) is 0.599. The molecule has 1 amide bonds. The zero-order chi connectivity index (χ0) is 19.9. The lowest BCUT2D eigenvalue weighted by atomic mass is 10.1. The van der Waals surface area contributed by atoms with Crippen molar-refractivity contribution in [1.82, 2.24) is 15.1 Å². The number of carbonyl (C=O) groups excluding carboxylic acids is 1. The van der Waals surface area contributed by atoms with Gasteiger partial charge in [-0.1, -0.05) is 30.3 Å². The van der Waals surface area contributed by atoms with Crippen molar-refractivity contribution in [3.8, 4) is 5.75 Å². The van der Waals surface area contributed by atoms with Gasteiger partial charge in [0.15, 0.2) is 0 Å². The predicted octanol–water partition coefficient (Wildman–Crippen LogP) is 4.21. The van der Waals surface area contributed by atoms with Crippen LogP contribution >= 0.6 is 0 Å². The second-order valence-corrected chi connectivity index (χ2v) is 7.04. The van der Waals surface area contributed by atoms with Gasteiger partial charge in [-0.05, 0) is 62.1 Å². The van der Waals surface area contributed by atoms with E-state index in [1.807, 2.05) is 80.2 Å². The maximum Gasteiger partial charge on any atom is 0.251 e. The van der Waals surface area contributed by atoms with Gasteiger partial charge < -0.3 is 10.1 Å². The van der Waals surface area contributed by atoms with E-state index in [1.165, 1.54) is 0 Å². The van der Waals surface area contributed by atoms with Crippen LogP contribution in [0, 0.1) is 20.8 Å². The molecule has 2 aromatic carbocycles. The number of rotatable bonds is 8. The van der Waals surface area contributed by atoms with Crippen LogP contribution in [0.3, 0.4) is 0 Å². The summed E-state index contributed by atoms with van der Waals surface area (Å²) in [5.74, 6) is 0.871. The van der Waals surface area contributed by atoms with Gasteiger partial charge in [-0.3, -0.25) is 9.48 Å². The van der Waals surface area contributed by atoms with Crippen molar-refractivity contribution in [2.75, 3.05) is 6.54 Å². The molecule has 1 aromatic heterocycles. The van der Waals surface area contributed by atoms with Crippen LogP contribution < -0.4 is 10.1 Å². The Morgan fingerprint density at radius 2 is 1.75 bits per heavy atom. The number of nitrogens with zero attached hydrogens (tertiary/aromatic N) is 2. The first-order valence-electron chi connectivity index (χ1n) is 9.59. The number of benzene rings is 2. The molecule has 0 unspecified atom stereocenters. The highest BCUT2D eigenvalue weighted by Gasteiger charge is 2.07. The first-order valence-corrected chi connectivity index (χ1v) is 9.59. The molecular weight excluding hydrogens is 350 g/mol. The molecule has 0 aliphatic rings. The standard InChI is InChI=1S/C23H27N3O2/c1-17-6-4-7-18(2)22(17)28-16-20-8-10-21(11-9-20)23(27)24-13-5-14-26-15-12-19(3)25-26/h4,6-12,15H,5,13-14,16H2,1-3H3,(H,24,27). The fraction of sp³-hybridized carbons (Fsp3) is 0.304. The third-order valence-corrected chi connectivity index (χ3v) is 4.63. The van der Waals surface area contributed by atoms with Gasteiger partial charge in [0.25, 0.3) is 5.91 Å². The summed E-state index contributed by atoms with van der Waals surface area (Å²) in [7, 11) is 0.